The number of hydrogen-bond donors (Lipinski definition) is 1. The van der Waals surface area contributed by atoms with Crippen LogP contribution in [0.1, 0.15) is 41.5 Å². The van der Waals surface area contributed by atoms with Gasteiger partial charge in [0, 0.05) is 6.61 Å². The molecule has 2 aromatic rings. The molecule has 3 heteroatoms. The maximum atomic E-state index is 9.25. The first kappa shape index (κ1) is 23.3. The number of benzene rings is 2. The van der Waals surface area contributed by atoms with Crippen molar-refractivity contribution in [2.75, 3.05) is 13.2 Å². The summed E-state index contributed by atoms with van der Waals surface area (Å²) in [5, 5.41) is 11.9. The summed E-state index contributed by atoms with van der Waals surface area (Å²) in [5.74, 6) is 0.277. The molecule has 2 rings (SSSR count). The molecule has 0 aliphatic heterocycles. The summed E-state index contributed by atoms with van der Waals surface area (Å²) in [7, 11) is -2.49. The van der Waals surface area contributed by atoms with Crippen molar-refractivity contribution in [3.63, 3.8) is 0 Å². The first-order valence-electron chi connectivity index (χ1n) is 10.4. The summed E-state index contributed by atoms with van der Waals surface area (Å²) in [5.41, 5.74) is 2.13. The van der Waals surface area contributed by atoms with Crippen LogP contribution in [0, 0.1) is 5.92 Å². The van der Waals surface area contributed by atoms with Gasteiger partial charge in [0.2, 0.25) is 0 Å². The molecule has 0 bridgehead atoms. The van der Waals surface area contributed by atoms with Crippen molar-refractivity contribution in [1.29, 1.82) is 0 Å². The third-order valence-corrected chi connectivity index (χ3v) is 10.3. The Kier molecular flexibility index (Phi) is 8.20. The Morgan fingerprint density at radius 1 is 0.966 bits per heavy atom. The Labute approximate surface area is 178 Å². The van der Waals surface area contributed by atoms with Crippen molar-refractivity contribution >= 4 is 18.7 Å². The van der Waals surface area contributed by atoms with Crippen molar-refractivity contribution in [3.05, 3.63) is 84.0 Å². The fraction of sp³-hybridized carbons (Fsp3) is 0.385. The summed E-state index contributed by atoms with van der Waals surface area (Å²) in [6.45, 7) is 13.9. The van der Waals surface area contributed by atoms with Gasteiger partial charge in [-0.2, -0.15) is 0 Å². The zero-order valence-electron chi connectivity index (χ0n) is 18.8. The monoisotopic (exact) mass is 408 g/mol. The third-order valence-electron chi connectivity index (χ3n) is 5.25. The molecule has 0 saturated carbocycles. The van der Waals surface area contributed by atoms with Crippen molar-refractivity contribution < 1.29 is 9.53 Å². The van der Waals surface area contributed by atoms with Gasteiger partial charge in [0.1, 0.15) is 0 Å². The highest BCUT2D eigenvalue weighted by molar-refractivity contribution is 6.99. The van der Waals surface area contributed by atoms with E-state index in [4.69, 9.17) is 4.43 Å². The second-order valence-electron chi connectivity index (χ2n) is 9.01. The zero-order valence-corrected chi connectivity index (χ0v) is 19.8. The van der Waals surface area contributed by atoms with E-state index in [1.807, 2.05) is 13.0 Å². The smallest absolute Gasteiger partial charge is 0.261 e. The summed E-state index contributed by atoms with van der Waals surface area (Å²) in [4.78, 5) is 0. The van der Waals surface area contributed by atoms with Crippen LogP contribution in [0.15, 0.2) is 84.0 Å². The highest BCUT2D eigenvalue weighted by Gasteiger charge is 2.50. The molecular weight excluding hydrogens is 372 g/mol. The van der Waals surface area contributed by atoms with Crippen LogP contribution in [0.4, 0.5) is 0 Å². The molecular formula is C26H36O2Si. The van der Waals surface area contributed by atoms with Gasteiger partial charge < -0.3 is 9.53 Å². The molecule has 0 aliphatic carbocycles. The Balaban J connectivity index is 2.43. The molecule has 0 fully saturated rings. The Morgan fingerprint density at radius 3 is 1.86 bits per heavy atom. The van der Waals surface area contributed by atoms with Gasteiger partial charge in [-0.25, -0.2) is 0 Å². The maximum absolute atomic E-state index is 9.25. The second-order valence-corrected chi connectivity index (χ2v) is 13.3. The minimum Gasteiger partial charge on any atom is -0.407 e. The van der Waals surface area contributed by atoms with Gasteiger partial charge in [-0.05, 0) is 40.8 Å². The van der Waals surface area contributed by atoms with E-state index in [0.717, 1.165) is 11.1 Å². The van der Waals surface area contributed by atoms with Crippen LogP contribution in [-0.4, -0.2) is 26.6 Å². The fourth-order valence-electron chi connectivity index (χ4n) is 4.00. The van der Waals surface area contributed by atoms with Crippen molar-refractivity contribution in [2.24, 2.45) is 5.92 Å². The lowest BCUT2D eigenvalue weighted by atomic mass is 10.1. The average Bonchev–Trinajstić information content (AvgIpc) is 2.68. The molecule has 29 heavy (non-hydrogen) atoms. The predicted octanol–water partition coefficient (Wildman–Crippen LogP) is 5.08. The van der Waals surface area contributed by atoms with E-state index in [9.17, 15) is 5.11 Å². The Morgan fingerprint density at radius 2 is 1.45 bits per heavy atom. The quantitative estimate of drug-likeness (QED) is 0.487. The standard InChI is InChI=1S/C26H36O2Si/c1-21(17-22(2)19-27)18-23(3)20-28-29(26(4,5)6,24-13-9-7-10-14-24)25-15-11-8-12-16-25/h7-18,23,27H,19-20H2,1-6H3/b21-18-,22-17-/t23-/m0/s1. The normalized spacial score (nSPS) is 14.7. The molecule has 0 aromatic heterocycles. The van der Waals surface area contributed by atoms with Crippen LogP contribution >= 0.6 is 0 Å². The van der Waals surface area contributed by atoms with E-state index in [1.54, 1.807) is 0 Å². The lowest BCUT2D eigenvalue weighted by molar-refractivity contribution is 0.267. The fourth-order valence-corrected chi connectivity index (χ4v) is 8.67. The number of allylic oxidation sites excluding steroid dienone is 2. The summed E-state index contributed by atoms with van der Waals surface area (Å²) in [6, 6.07) is 21.5. The van der Waals surface area contributed by atoms with Crippen LogP contribution < -0.4 is 10.4 Å². The van der Waals surface area contributed by atoms with Gasteiger partial charge in [-0.15, -0.1) is 0 Å². The maximum Gasteiger partial charge on any atom is 0.261 e. The first-order valence-corrected chi connectivity index (χ1v) is 12.3. The minimum absolute atomic E-state index is 0.0123. The van der Waals surface area contributed by atoms with Crippen molar-refractivity contribution in [2.45, 2.75) is 46.6 Å². The van der Waals surface area contributed by atoms with E-state index in [0.29, 0.717) is 6.61 Å². The van der Waals surface area contributed by atoms with Crippen LogP contribution in [0.25, 0.3) is 0 Å². The van der Waals surface area contributed by atoms with Gasteiger partial charge in [0.15, 0.2) is 0 Å². The SMILES string of the molecule is CC(=C/[C@H](C)CO[Si](c1ccccc1)(c1ccccc1)C(C)(C)C)/C=C(/C)CO. The van der Waals surface area contributed by atoms with E-state index in [1.165, 1.54) is 10.4 Å². The van der Waals surface area contributed by atoms with Gasteiger partial charge in [-0.3, -0.25) is 0 Å². The van der Waals surface area contributed by atoms with Crippen LogP contribution in [0.5, 0.6) is 0 Å². The molecule has 156 valence electrons. The highest BCUT2D eigenvalue weighted by atomic mass is 28.4. The van der Waals surface area contributed by atoms with E-state index in [2.05, 4.69) is 101 Å². The minimum atomic E-state index is -2.49. The van der Waals surface area contributed by atoms with Gasteiger partial charge in [0.25, 0.3) is 8.32 Å². The molecule has 2 aromatic carbocycles. The predicted molar refractivity (Wildman–Crippen MR) is 127 cm³/mol. The largest absolute Gasteiger partial charge is 0.407 e. The second kappa shape index (κ2) is 10.2. The van der Waals surface area contributed by atoms with Crippen LogP contribution in [0.2, 0.25) is 5.04 Å². The summed E-state index contributed by atoms with van der Waals surface area (Å²) >= 11 is 0. The van der Waals surface area contributed by atoms with E-state index in [-0.39, 0.29) is 17.6 Å². The summed E-state index contributed by atoms with van der Waals surface area (Å²) in [6.07, 6.45) is 4.27. The molecule has 0 unspecified atom stereocenters. The van der Waals surface area contributed by atoms with Crippen molar-refractivity contribution in [3.8, 4) is 0 Å². The zero-order chi connectivity index (χ0) is 21.5. The number of hydrogen-bond acceptors (Lipinski definition) is 2. The van der Waals surface area contributed by atoms with E-state index < -0.39 is 8.32 Å². The van der Waals surface area contributed by atoms with Crippen LogP contribution in [-0.2, 0) is 4.43 Å². The lowest BCUT2D eigenvalue weighted by Crippen LogP contribution is -2.66. The number of aliphatic hydroxyl groups is 1. The molecule has 1 atom stereocenters. The summed E-state index contributed by atoms with van der Waals surface area (Å²) < 4.78 is 6.98. The van der Waals surface area contributed by atoms with Gasteiger partial charge in [0.05, 0.1) is 6.61 Å². The topological polar surface area (TPSA) is 29.5 Å². The highest BCUT2D eigenvalue weighted by Crippen LogP contribution is 2.37. The van der Waals surface area contributed by atoms with Crippen LogP contribution in [0.3, 0.4) is 0 Å². The molecule has 0 heterocycles. The average molecular weight is 409 g/mol. The van der Waals surface area contributed by atoms with Gasteiger partial charge in [-0.1, -0.05) is 106 Å². The van der Waals surface area contributed by atoms with E-state index >= 15 is 0 Å². The molecule has 0 spiro atoms. The van der Waals surface area contributed by atoms with Crippen molar-refractivity contribution in [1.82, 2.24) is 0 Å². The van der Waals surface area contributed by atoms with Gasteiger partial charge >= 0.3 is 0 Å². The Hall–Kier alpha value is -1.94. The molecule has 0 aliphatic rings. The first-order chi connectivity index (χ1) is 13.7. The molecule has 0 radical (unpaired) electrons. The number of aliphatic hydroxyl groups excluding tert-OH is 1. The molecule has 0 amide bonds. The lowest BCUT2D eigenvalue weighted by Gasteiger charge is -2.43. The molecule has 2 nitrogen and oxygen atoms in total. The molecule has 1 N–H and O–H groups in total. The Bertz CT molecular complexity index is 777. The molecule has 0 saturated heterocycles. The third kappa shape index (κ3) is 5.78. The number of rotatable bonds is 8.